The fraction of sp³-hybridized carbons (Fsp3) is 0.280. The lowest BCUT2D eigenvalue weighted by Crippen LogP contribution is -2.38. The molecule has 0 atom stereocenters. The van der Waals surface area contributed by atoms with Gasteiger partial charge in [-0.05, 0) is 49.5 Å². The van der Waals surface area contributed by atoms with Crippen molar-refractivity contribution in [3.63, 3.8) is 0 Å². The van der Waals surface area contributed by atoms with Crippen molar-refractivity contribution < 1.29 is 18.1 Å². The van der Waals surface area contributed by atoms with Crippen molar-refractivity contribution in [1.82, 2.24) is 15.4 Å². The van der Waals surface area contributed by atoms with Gasteiger partial charge in [0.25, 0.3) is 5.91 Å². The first-order valence-corrected chi connectivity index (χ1v) is 10.7. The zero-order valence-corrected chi connectivity index (χ0v) is 17.6. The van der Waals surface area contributed by atoms with Crippen molar-refractivity contribution in [2.45, 2.75) is 12.8 Å². The molecule has 32 heavy (non-hydrogen) atoms. The van der Waals surface area contributed by atoms with Crippen LogP contribution in [0.1, 0.15) is 29.0 Å². The van der Waals surface area contributed by atoms with Gasteiger partial charge < -0.3 is 9.84 Å². The van der Waals surface area contributed by atoms with E-state index in [9.17, 15) is 13.6 Å². The Morgan fingerprint density at radius 2 is 1.91 bits per heavy atom. The molecule has 7 heteroatoms. The summed E-state index contributed by atoms with van der Waals surface area (Å²) in [7, 11) is 0. The van der Waals surface area contributed by atoms with E-state index in [1.807, 2.05) is 18.2 Å². The molecule has 2 heterocycles. The van der Waals surface area contributed by atoms with Gasteiger partial charge in [0.15, 0.2) is 0 Å². The highest BCUT2D eigenvalue weighted by atomic mass is 19.1. The first-order valence-electron chi connectivity index (χ1n) is 10.7. The van der Waals surface area contributed by atoms with Crippen molar-refractivity contribution in [2.75, 3.05) is 26.2 Å². The molecule has 0 saturated carbocycles. The van der Waals surface area contributed by atoms with E-state index in [0.29, 0.717) is 12.5 Å². The third-order valence-electron chi connectivity index (χ3n) is 5.67. The fourth-order valence-corrected chi connectivity index (χ4v) is 3.81. The van der Waals surface area contributed by atoms with Crippen LogP contribution < -0.4 is 5.32 Å². The number of amides is 1. The molecule has 5 nitrogen and oxygen atoms in total. The summed E-state index contributed by atoms with van der Waals surface area (Å²) in [4.78, 5) is 14.8. The van der Waals surface area contributed by atoms with Gasteiger partial charge in [-0.25, -0.2) is 8.78 Å². The second kappa shape index (κ2) is 10.3. The topological polar surface area (TPSA) is 58.4 Å². The minimum Gasteiger partial charge on any atom is -0.350 e. The molecule has 1 amide bonds. The molecular formula is C25H25F2N3O2. The quantitative estimate of drug-likeness (QED) is 0.578. The lowest BCUT2D eigenvalue weighted by atomic mass is 9.96. The smallest absolute Gasteiger partial charge is 0.289 e. The minimum atomic E-state index is -0.754. The summed E-state index contributed by atoms with van der Waals surface area (Å²) >= 11 is 0. The van der Waals surface area contributed by atoms with Gasteiger partial charge in [-0.3, -0.25) is 9.69 Å². The Balaban J connectivity index is 1.22. The predicted octanol–water partition coefficient (Wildman–Crippen LogP) is 4.78. The van der Waals surface area contributed by atoms with Gasteiger partial charge in [-0.15, -0.1) is 0 Å². The van der Waals surface area contributed by atoms with Crippen molar-refractivity contribution in [1.29, 1.82) is 0 Å². The summed E-state index contributed by atoms with van der Waals surface area (Å²) in [6, 6.07) is 14.8. The van der Waals surface area contributed by atoms with E-state index in [1.165, 1.54) is 17.7 Å². The number of nitrogens with zero attached hydrogens (tertiary/aromatic N) is 2. The van der Waals surface area contributed by atoms with Crippen molar-refractivity contribution >= 4 is 12.0 Å². The highest BCUT2D eigenvalue weighted by Gasteiger charge is 2.21. The first-order chi connectivity index (χ1) is 15.6. The molecule has 1 aromatic heterocycles. The highest BCUT2D eigenvalue weighted by molar-refractivity contribution is 5.92. The van der Waals surface area contributed by atoms with E-state index in [-0.39, 0.29) is 22.9 Å². The minimum absolute atomic E-state index is 0.00668. The zero-order chi connectivity index (χ0) is 22.3. The summed E-state index contributed by atoms with van der Waals surface area (Å²) in [6.45, 7) is 3.42. The van der Waals surface area contributed by atoms with E-state index in [0.717, 1.165) is 44.6 Å². The average Bonchev–Trinajstić information content (AvgIpc) is 3.29. The van der Waals surface area contributed by atoms with E-state index in [2.05, 4.69) is 39.7 Å². The number of rotatable bonds is 7. The number of hydrogen-bond acceptors (Lipinski definition) is 4. The van der Waals surface area contributed by atoms with Gasteiger partial charge in [0, 0.05) is 30.8 Å². The molecule has 4 rings (SSSR count). The molecule has 1 saturated heterocycles. The molecule has 166 valence electrons. The molecule has 1 N–H and O–H groups in total. The number of hydrogen-bond donors (Lipinski definition) is 1. The van der Waals surface area contributed by atoms with Gasteiger partial charge in [0.2, 0.25) is 5.76 Å². The molecular weight excluding hydrogens is 412 g/mol. The Morgan fingerprint density at radius 3 is 2.66 bits per heavy atom. The number of piperidine rings is 1. The predicted molar refractivity (Wildman–Crippen MR) is 119 cm³/mol. The molecule has 1 aliphatic rings. The van der Waals surface area contributed by atoms with E-state index in [1.54, 1.807) is 0 Å². The van der Waals surface area contributed by atoms with Crippen LogP contribution in [0.4, 0.5) is 8.78 Å². The normalized spacial score (nSPS) is 15.3. The van der Waals surface area contributed by atoms with Gasteiger partial charge >= 0.3 is 0 Å². The lowest BCUT2D eigenvalue weighted by molar-refractivity contribution is 0.0901. The van der Waals surface area contributed by atoms with Crippen LogP contribution in [0.3, 0.4) is 0 Å². The second-order valence-corrected chi connectivity index (χ2v) is 7.97. The Hall–Kier alpha value is -3.32. The molecule has 0 unspecified atom stereocenters. The molecule has 3 aromatic rings. The number of carbonyl (C=O) groups excluding carboxylic acids is 1. The Labute approximate surface area is 185 Å². The van der Waals surface area contributed by atoms with Crippen LogP contribution in [-0.2, 0) is 0 Å². The van der Waals surface area contributed by atoms with Gasteiger partial charge in [0.1, 0.15) is 17.3 Å². The summed E-state index contributed by atoms with van der Waals surface area (Å²) in [5.74, 6) is -1.42. The third kappa shape index (κ3) is 5.68. The Kier molecular flexibility index (Phi) is 7.07. The molecule has 0 bridgehead atoms. The Bertz CT molecular complexity index is 1070. The van der Waals surface area contributed by atoms with Gasteiger partial charge in [-0.1, -0.05) is 47.6 Å². The summed E-state index contributed by atoms with van der Waals surface area (Å²) in [6.07, 6.45) is 6.32. The second-order valence-electron chi connectivity index (χ2n) is 7.97. The van der Waals surface area contributed by atoms with Gasteiger partial charge in [-0.2, -0.15) is 0 Å². The largest absolute Gasteiger partial charge is 0.350 e. The molecule has 0 aliphatic carbocycles. The highest BCUT2D eigenvalue weighted by Crippen LogP contribution is 2.23. The Morgan fingerprint density at radius 1 is 1.12 bits per heavy atom. The van der Waals surface area contributed by atoms with Crippen LogP contribution in [0.2, 0.25) is 0 Å². The van der Waals surface area contributed by atoms with Crippen LogP contribution >= 0.6 is 0 Å². The molecule has 1 fully saturated rings. The van der Waals surface area contributed by atoms with Crippen molar-refractivity contribution in [2.24, 2.45) is 5.92 Å². The zero-order valence-electron chi connectivity index (χ0n) is 17.6. The van der Waals surface area contributed by atoms with Gasteiger partial charge in [0.05, 0.1) is 0 Å². The van der Waals surface area contributed by atoms with E-state index < -0.39 is 11.6 Å². The number of nitrogens with one attached hydrogen (secondary N) is 1. The maximum atomic E-state index is 13.9. The summed E-state index contributed by atoms with van der Waals surface area (Å²) in [5, 5.41) is 6.62. The number of aromatic nitrogens is 1. The van der Waals surface area contributed by atoms with E-state index in [4.69, 9.17) is 4.52 Å². The SMILES string of the molecule is O=C(NCC1CCN(CC=Cc2ccccc2)CC1)c1cc(-c2ccc(F)cc2F)no1. The van der Waals surface area contributed by atoms with Crippen LogP contribution in [-0.4, -0.2) is 42.1 Å². The van der Waals surface area contributed by atoms with E-state index >= 15 is 0 Å². The lowest BCUT2D eigenvalue weighted by Gasteiger charge is -2.31. The number of likely N-dealkylation sites (tertiary alicyclic amines) is 1. The molecule has 2 aromatic carbocycles. The molecule has 1 aliphatic heterocycles. The number of benzene rings is 2. The summed E-state index contributed by atoms with van der Waals surface area (Å²) < 4.78 is 32.0. The molecule has 0 radical (unpaired) electrons. The first kappa shape index (κ1) is 21.9. The number of halogens is 2. The maximum Gasteiger partial charge on any atom is 0.289 e. The van der Waals surface area contributed by atoms with Crippen LogP contribution in [0.5, 0.6) is 0 Å². The average molecular weight is 437 g/mol. The van der Waals surface area contributed by atoms with Crippen LogP contribution in [0.25, 0.3) is 17.3 Å². The van der Waals surface area contributed by atoms with Crippen LogP contribution in [0, 0.1) is 17.6 Å². The standard InChI is InChI=1S/C25H25F2N3O2/c26-20-8-9-21(22(27)15-20)23-16-24(32-29-23)25(31)28-17-19-10-13-30(14-11-19)12-4-7-18-5-2-1-3-6-18/h1-9,15-16,19H,10-14,17H2,(H,28,31). The fourth-order valence-electron chi connectivity index (χ4n) is 3.81. The van der Waals surface area contributed by atoms with Crippen molar-refractivity contribution in [3.05, 3.63) is 83.6 Å². The number of carbonyl (C=O) groups is 1. The monoisotopic (exact) mass is 437 g/mol. The maximum absolute atomic E-state index is 13.9. The third-order valence-corrected chi connectivity index (χ3v) is 5.67. The summed E-state index contributed by atoms with van der Waals surface area (Å²) in [5.41, 5.74) is 1.44. The molecule has 0 spiro atoms. The van der Waals surface area contributed by atoms with Crippen molar-refractivity contribution in [3.8, 4) is 11.3 Å². The van der Waals surface area contributed by atoms with Crippen LogP contribution in [0.15, 0.2) is 65.2 Å².